The molecular weight excluding hydrogens is 218 g/mol. The Morgan fingerprint density at radius 3 is 2.31 bits per heavy atom. The minimum absolute atomic E-state index is 0.510. The van der Waals surface area contributed by atoms with Crippen LogP contribution in [0.2, 0.25) is 5.02 Å². The van der Waals surface area contributed by atoms with E-state index in [0.717, 1.165) is 11.4 Å². The van der Waals surface area contributed by atoms with Crippen LogP contribution in [0.15, 0.2) is 24.3 Å². The monoisotopic (exact) mass is 239 g/mol. The molecule has 1 N–H and O–H groups in total. The largest absolute Gasteiger partial charge is 0.317 e. The average molecular weight is 240 g/mol. The molecule has 0 spiro atoms. The van der Waals surface area contributed by atoms with Crippen LogP contribution in [0.25, 0.3) is 0 Å². The quantitative estimate of drug-likeness (QED) is 0.825. The normalized spacial score (nSPS) is 15.1. The van der Waals surface area contributed by atoms with Crippen LogP contribution in [0.5, 0.6) is 0 Å². The smallest absolute Gasteiger partial charge is 0.0438 e. The topological polar surface area (TPSA) is 12.0 Å². The Hall–Kier alpha value is -0.530. The molecule has 0 aliphatic carbocycles. The minimum atomic E-state index is 0.510. The van der Waals surface area contributed by atoms with Gasteiger partial charge in [-0.15, -0.1) is 0 Å². The summed E-state index contributed by atoms with van der Waals surface area (Å²) in [6, 6.07) is 8.65. The predicted octanol–water partition coefficient (Wildman–Crippen LogP) is 3.76. The summed E-state index contributed by atoms with van der Waals surface area (Å²) in [7, 11) is 2.02. The second-order valence-electron chi connectivity index (χ2n) is 4.78. The first kappa shape index (κ1) is 13.5. The van der Waals surface area contributed by atoms with Gasteiger partial charge in [0.15, 0.2) is 0 Å². The molecule has 16 heavy (non-hydrogen) atoms. The molecule has 0 bridgehead atoms. The summed E-state index contributed by atoms with van der Waals surface area (Å²) < 4.78 is 0. The van der Waals surface area contributed by atoms with E-state index < -0.39 is 0 Å². The van der Waals surface area contributed by atoms with Gasteiger partial charge in [-0.05, 0) is 43.9 Å². The first-order valence-corrected chi connectivity index (χ1v) is 6.34. The first-order chi connectivity index (χ1) is 7.56. The zero-order valence-corrected chi connectivity index (χ0v) is 11.4. The van der Waals surface area contributed by atoms with Gasteiger partial charge in [-0.2, -0.15) is 0 Å². The van der Waals surface area contributed by atoms with E-state index in [9.17, 15) is 0 Å². The van der Waals surface area contributed by atoms with Gasteiger partial charge < -0.3 is 5.32 Å². The SMILES string of the molecule is CNC(C)C(Cc1ccccc1Cl)C(C)C. The van der Waals surface area contributed by atoms with Gasteiger partial charge in [0.25, 0.3) is 0 Å². The maximum Gasteiger partial charge on any atom is 0.0438 e. The third kappa shape index (κ3) is 3.50. The Kier molecular flexibility index (Phi) is 5.30. The van der Waals surface area contributed by atoms with Gasteiger partial charge in [0.1, 0.15) is 0 Å². The summed E-state index contributed by atoms with van der Waals surface area (Å²) in [5, 5.41) is 4.23. The van der Waals surface area contributed by atoms with Crippen molar-refractivity contribution < 1.29 is 0 Å². The van der Waals surface area contributed by atoms with Crippen LogP contribution >= 0.6 is 11.6 Å². The number of benzene rings is 1. The maximum absolute atomic E-state index is 6.20. The Labute approximate surface area is 104 Å². The molecule has 1 rings (SSSR count). The van der Waals surface area contributed by atoms with Crippen molar-refractivity contribution in [1.82, 2.24) is 5.32 Å². The molecule has 0 amide bonds. The highest BCUT2D eigenvalue weighted by molar-refractivity contribution is 6.31. The highest BCUT2D eigenvalue weighted by Gasteiger charge is 2.20. The van der Waals surface area contributed by atoms with Gasteiger partial charge in [0.2, 0.25) is 0 Å². The third-order valence-corrected chi connectivity index (χ3v) is 3.74. The van der Waals surface area contributed by atoms with Crippen molar-refractivity contribution in [3.63, 3.8) is 0 Å². The van der Waals surface area contributed by atoms with Crippen molar-refractivity contribution in [1.29, 1.82) is 0 Å². The van der Waals surface area contributed by atoms with Gasteiger partial charge in [-0.25, -0.2) is 0 Å². The molecule has 1 nitrogen and oxygen atoms in total. The van der Waals surface area contributed by atoms with Crippen molar-refractivity contribution in [3.05, 3.63) is 34.9 Å². The molecule has 0 aliphatic heterocycles. The van der Waals surface area contributed by atoms with Crippen molar-refractivity contribution in [3.8, 4) is 0 Å². The summed E-state index contributed by atoms with van der Waals surface area (Å²) in [4.78, 5) is 0. The zero-order valence-electron chi connectivity index (χ0n) is 10.6. The summed E-state index contributed by atoms with van der Waals surface area (Å²) >= 11 is 6.20. The Morgan fingerprint density at radius 1 is 1.19 bits per heavy atom. The number of hydrogen-bond acceptors (Lipinski definition) is 1. The Balaban J connectivity index is 2.80. The first-order valence-electron chi connectivity index (χ1n) is 5.97. The molecule has 0 saturated heterocycles. The number of rotatable bonds is 5. The number of nitrogens with one attached hydrogen (secondary N) is 1. The fourth-order valence-electron chi connectivity index (χ4n) is 2.12. The van der Waals surface area contributed by atoms with Crippen LogP contribution in [0.4, 0.5) is 0 Å². The number of halogens is 1. The second kappa shape index (κ2) is 6.27. The molecule has 1 aromatic rings. The zero-order chi connectivity index (χ0) is 12.1. The van der Waals surface area contributed by atoms with Crippen LogP contribution in [0.3, 0.4) is 0 Å². The molecule has 90 valence electrons. The van der Waals surface area contributed by atoms with Crippen molar-refractivity contribution in [2.75, 3.05) is 7.05 Å². The summed E-state index contributed by atoms with van der Waals surface area (Å²) in [6.07, 6.45) is 1.04. The maximum atomic E-state index is 6.20. The number of hydrogen-bond donors (Lipinski definition) is 1. The van der Waals surface area contributed by atoms with E-state index in [1.54, 1.807) is 0 Å². The summed E-state index contributed by atoms with van der Waals surface area (Å²) in [5.41, 5.74) is 1.25. The average Bonchev–Trinajstić information content (AvgIpc) is 2.26. The van der Waals surface area contributed by atoms with E-state index in [1.165, 1.54) is 5.56 Å². The van der Waals surface area contributed by atoms with E-state index in [0.29, 0.717) is 17.9 Å². The van der Waals surface area contributed by atoms with E-state index >= 15 is 0 Å². The molecule has 0 fully saturated rings. The lowest BCUT2D eigenvalue weighted by atomic mass is 9.84. The second-order valence-corrected chi connectivity index (χ2v) is 5.19. The molecular formula is C14H22ClN. The highest BCUT2D eigenvalue weighted by atomic mass is 35.5. The van der Waals surface area contributed by atoms with Gasteiger partial charge >= 0.3 is 0 Å². The standard InChI is InChI=1S/C14H22ClN/c1-10(2)13(11(3)16-4)9-12-7-5-6-8-14(12)15/h5-8,10-11,13,16H,9H2,1-4H3. The fraction of sp³-hybridized carbons (Fsp3) is 0.571. The molecule has 0 heterocycles. The summed E-state index contributed by atoms with van der Waals surface area (Å²) in [5.74, 6) is 1.27. The molecule has 0 radical (unpaired) electrons. The molecule has 0 saturated carbocycles. The van der Waals surface area contributed by atoms with Gasteiger partial charge in [-0.1, -0.05) is 43.6 Å². The van der Waals surface area contributed by atoms with Gasteiger partial charge in [0, 0.05) is 11.1 Å². The van der Waals surface area contributed by atoms with Crippen molar-refractivity contribution >= 4 is 11.6 Å². The third-order valence-electron chi connectivity index (χ3n) is 3.37. The Bertz CT molecular complexity index is 322. The molecule has 1 aromatic carbocycles. The van der Waals surface area contributed by atoms with E-state index in [2.05, 4.69) is 38.2 Å². The summed E-state index contributed by atoms with van der Waals surface area (Å²) in [6.45, 7) is 6.78. The lowest BCUT2D eigenvalue weighted by Crippen LogP contribution is -2.35. The van der Waals surface area contributed by atoms with Gasteiger partial charge in [-0.3, -0.25) is 0 Å². The van der Waals surface area contributed by atoms with E-state index in [4.69, 9.17) is 11.6 Å². The molecule has 2 atom stereocenters. The van der Waals surface area contributed by atoms with Gasteiger partial charge in [0.05, 0.1) is 0 Å². The predicted molar refractivity (Wildman–Crippen MR) is 72.0 cm³/mol. The minimum Gasteiger partial charge on any atom is -0.317 e. The van der Waals surface area contributed by atoms with Crippen LogP contribution < -0.4 is 5.32 Å². The molecule has 2 heteroatoms. The fourth-order valence-corrected chi connectivity index (χ4v) is 2.33. The lowest BCUT2D eigenvalue weighted by Gasteiger charge is -2.27. The van der Waals surface area contributed by atoms with Crippen LogP contribution in [0, 0.1) is 11.8 Å². The molecule has 0 aromatic heterocycles. The Morgan fingerprint density at radius 2 is 1.81 bits per heavy atom. The van der Waals surface area contributed by atoms with Crippen LogP contribution in [0.1, 0.15) is 26.3 Å². The van der Waals surface area contributed by atoms with Crippen molar-refractivity contribution in [2.45, 2.75) is 33.2 Å². The van der Waals surface area contributed by atoms with Crippen LogP contribution in [-0.4, -0.2) is 13.1 Å². The molecule has 2 unspecified atom stereocenters. The van der Waals surface area contributed by atoms with E-state index in [1.807, 2.05) is 19.2 Å². The highest BCUT2D eigenvalue weighted by Crippen LogP contribution is 2.25. The van der Waals surface area contributed by atoms with Crippen LogP contribution in [-0.2, 0) is 6.42 Å². The molecule has 0 aliphatic rings. The van der Waals surface area contributed by atoms with Crippen molar-refractivity contribution in [2.24, 2.45) is 11.8 Å². The lowest BCUT2D eigenvalue weighted by molar-refractivity contribution is 0.300. The van der Waals surface area contributed by atoms with E-state index in [-0.39, 0.29) is 0 Å².